The molecule has 0 spiro atoms. The van der Waals surface area contributed by atoms with Crippen molar-refractivity contribution in [3.63, 3.8) is 0 Å². The second kappa shape index (κ2) is 3.97. The molecule has 1 N–H and O–H groups in total. The van der Waals surface area contributed by atoms with E-state index in [1.54, 1.807) is 0 Å². The molecular weight excluding hydrogens is 186 g/mol. The van der Waals surface area contributed by atoms with E-state index >= 15 is 0 Å². The normalized spacial score (nSPS) is 23.0. The van der Waals surface area contributed by atoms with Crippen molar-refractivity contribution in [2.24, 2.45) is 0 Å². The number of hydrogen-bond acceptors (Lipinski definition) is 2. The molecule has 1 aliphatic rings. The van der Waals surface area contributed by atoms with Gasteiger partial charge in [-0.25, -0.2) is 4.98 Å². The zero-order valence-corrected chi connectivity index (χ0v) is 9.95. The van der Waals surface area contributed by atoms with E-state index in [1.807, 2.05) is 12.5 Å². The lowest BCUT2D eigenvalue weighted by Gasteiger charge is -2.29. The fourth-order valence-corrected chi connectivity index (χ4v) is 2.23. The summed E-state index contributed by atoms with van der Waals surface area (Å²) in [6, 6.07) is 0.500. The van der Waals surface area contributed by atoms with Crippen LogP contribution in [-0.2, 0) is 5.54 Å². The van der Waals surface area contributed by atoms with Crippen molar-refractivity contribution in [3.05, 3.63) is 18.2 Å². The van der Waals surface area contributed by atoms with Gasteiger partial charge in [0.1, 0.15) is 0 Å². The Balaban J connectivity index is 2.24. The van der Waals surface area contributed by atoms with Crippen LogP contribution in [0.25, 0.3) is 0 Å². The molecule has 1 saturated heterocycles. The molecule has 0 aliphatic carbocycles. The van der Waals surface area contributed by atoms with Gasteiger partial charge in [0.05, 0.1) is 12.0 Å². The Labute approximate surface area is 91.9 Å². The predicted molar refractivity (Wildman–Crippen MR) is 61.8 cm³/mol. The Kier molecular flexibility index (Phi) is 2.83. The maximum Gasteiger partial charge on any atom is 0.0953 e. The fraction of sp³-hybridized carbons (Fsp3) is 0.750. The number of hydrogen-bond donors (Lipinski definition) is 1. The first-order chi connectivity index (χ1) is 7.09. The van der Waals surface area contributed by atoms with Crippen molar-refractivity contribution in [1.82, 2.24) is 14.9 Å². The van der Waals surface area contributed by atoms with Gasteiger partial charge < -0.3 is 9.88 Å². The molecule has 2 heterocycles. The van der Waals surface area contributed by atoms with Gasteiger partial charge in [0.2, 0.25) is 0 Å². The van der Waals surface area contributed by atoms with Crippen LogP contribution in [0.2, 0.25) is 0 Å². The molecule has 84 valence electrons. The highest BCUT2D eigenvalue weighted by Crippen LogP contribution is 2.26. The number of nitrogens with one attached hydrogen (secondary N) is 1. The molecule has 3 nitrogen and oxygen atoms in total. The van der Waals surface area contributed by atoms with Crippen LogP contribution in [0.5, 0.6) is 0 Å². The number of rotatable bonds is 1. The number of piperidine rings is 1. The van der Waals surface area contributed by atoms with Crippen molar-refractivity contribution >= 4 is 0 Å². The summed E-state index contributed by atoms with van der Waals surface area (Å²) >= 11 is 0. The zero-order chi connectivity index (χ0) is 10.9. The molecule has 1 unspecified atom stereocenters. The summed E-state index contributed by atoms with van der Waals surface area (Å²) in [5.74, 6) is 0. The Bertz CT molecular complexity index is 316. The highest BCUT2D eigenvalue weighted by molar-refractivity contribution is 5.09. The second-order valence-corrected chi connectivity index (χ2v) is 5.36. The standard InChI is InChI=1S/C12H21N3/c1-12(2,3)15-9-13-8-11(15)10-6-4-5-7-14-10/h8-10,14H,4-7H2,1-3H3. The van der Waals surface area contributed by atoms with Gasteiger partial charge in [-0.3, -0.25) is 0 Å². The summed E-state index contributed by atoms with van der Waals surface area (Å²) in [5, 5.41) is 3.57. The van der Waals surface area contributed by atoms with E-state index < -0.39 is 0 Å². The highest BCUT2D eigenvalue weighted by Gasteiger charge is 2.23. The average Bonchev–Trinajstić information content (AvgIpc) is 2.67. The van der Waals surface area contributed by atoms with Gasteiger partial charge in [0.15, 0.2) is 0 Å². The molecule has 15 heavy (non-hydrogen) atoms. The van der Waals surface area contributed by atoms with E-state index in [0.717, 1.165) is 6.54 Å². The van der Waals surface area contributed by atoms with Gasteiger partial charge in [-0.05, 0) is 40.2 Å². The number of nitrogens with zero attached hydrogens (tertiary/aromatic N) is 2. The predicted octanol–water partition coefficient (Wildman–Crippen LogP) is 2.45. The van der Waals surface area contributed by atoms with Gasteiger partial charge >= 0.3 is 0 Å². The van der Waals surface area contributed by atoms with Crippen molar-refractivity contribution in [2.45, 2.75) is 51.6 Å². The molecule has 1 fully saturated rings. The quantitative estimate of drug-likeness (QED) is 0.766. The minimum Gasteiger partial charge on any atom is -0.328 e. The van der Waals surface area contributed by atoms with Gasteiger partial charge in [0, 0.05) is 17.8 Å². The van der Waals surface area contributed by atoms with E-state index in [-0.39, 0.29) is 5.54 Å². The van der Waals surface area contributed by atoms with Crippen LogP contribution in [0.4, 0.5) is 0 Å². The summed E-state index contributed by atoms with van der Waals surface area (Å²) < 4.78 is 2.29. The number of imidazole rings is 1. The molecule has 0 aromatic carbocycles. The lowest BCUT2D eigenvalue weighted by Crippen LogP contribution is -2.32. The smallest absolute Gasteiger partial charge is 0.0953 e. The van der Waals surface area contributed by atoms with Gasteiger partial charge in [-0.15, -0.1) is 0 Å². The first-order valence-electron chi connectivity index (χ1n) is 5.85. The summed E-state index contributed by atoms with van der Waals surface area (Å²) in [4.78, 5) is 4.29. The molecular formula is C12H21N3. The van der Waals surface area contributed by atoms with E-state index in [4.69, 9.17) is 0 Å². The van der Waals surface area contributed by atoms with Gasteiger partial charge in [-0.2, -0.15) is 0 Å². The highest BCUT2D eigenvalue weighted by atomic mass is 15.1. The Morgan fingerprint density at radius 1 is 1.40 bits per heavy atom. The molecule has 3 heteroatoms. The van der Waals surface area contributed by atoms with E-state index in [1.165, 1.54) is 25.0 Å². The van der Waals surface area contributed by atoms with Crippen LogP contribution in [0.1, 0.15) is 51.8 Å². The molecule has 1 atom stereocenters. The summed E-state index contributed by atoms with van der Waals surface area (Å²) in [5.41, 5.74) is 1.47. The molecule has 0 amide bonds. The van der Waals surface area contributed by atoms with Gasteiger partial charge in [-0.1, -0.05) is 6.42 Å². The average molecular weight is 207 g/mol. The first-order valence-corrected chi connectivity index (χ1v) is 5.85. The van der Waals surface area contributed by atoms with Crippen molar-refractivity contribution in [3.8, 4) is 0 Å². The SMILES string of the molecule is CC(C)(C)n1cncc1C1CCCCN1. The lowest BCUT2D eigenvalue weighted by atomic mass is 10.0. The van der Waals surface area contributed by atoms with Crippen LogP contribution in [0, 0.1) is 0 Å². The second-order valence-electron chi connectivity index (χ2n) is 5.36. The maximum atomic E-state index is 4.29. The Morgan fingerprint density at radius 2 is 2.20 bits per heavy atom. The maximum absolute atomic E-state index is 4.29. The van der Waals surface area contributed by atoms with Crippen LogP contribution in [0.15, 0.2) is 12.5 Å². The van der Waals surface area contributed by atoms with E-state index in [2.05, 4.69) is 35.6 Å². The summed E-state index contributed by atoms with van der Waals surface area (Å²) in [6.45, 7) is 7.81. The van der Waals surface area contributed by atoms with Crippen LogP contribution in [-0.4, -0.2) is 16.1 Å². The first kappa shape index (κ1) is 10.7. The van der Waals surface area contributed by atoms with Crippen LogP contribution >= 0.6 is 0 Å². The largest absolute Gasteiger partial charge is 0.328 e. The Morgan fingerprint density at radius 3 is 2.80 bits per heavy atom. The zero-order valence-electron chi connectivity index (χ0n) is 9.95. The van der Waals surface area contributed by atoms with E-state index in [9.17, 15) is 0 Å². The van der Waals surface area contributed by atoms with Crippen LogP contribution in [0.3, 0.4) is 0 Å². The van der Waals surface area contributed by atoms with Crippen molar-refractivity contribution in [1.29, 1.82) is 0 Å². The molecule has 1 aromatic heterocycles. The van der Waals surface area contributed by atoms with Crippen LogP contribution < -0.4 is 5.32 Å². The van der Waals surface area contributed by atoms with E-state index in [0.29, 0.717) is 6.04 Å². The topological polar surface area (TPSA) is 29.9 Å². The molecule has 1 aromatic rings. The monoisotopic (exact) mass is 207 g/mol. The molecule has 0 saturated carbocycles. The van der Waals surface area contributed by atoms with Gasteiger partial charge in [0.25, 0.3) is 0 Å². The minimum absolute atomic E-state index is 0.130. The lowest BCUT2D eigenvalue weighted by molar-refractivity contribution is 0.338. The molecule has 0 radical (unpaired) electrons. The van der Waals surface area contributed by atoms with Crippen molar-refractivity contribution in [2.75, 3.05) is 6.54 Å². The molecule has 2 rings (SSSR count). The minimum atomic E-state index is 0.130. The third kappa shape index (κ3) is 2.23. The Hall–Kier alpha value is -0.830. The number of aromatic nitrogens is 2. The molecule has 0 bridgehead atoms. The third-order valence-electron chi connectivity index (χ3n) is 3.06. The van der Waals surface area contributed by atoms with Crippen molar-refractivity contribution < 1.29 is 0 Å². The summed E-state index contributed by atoms with van der Waals surface area (Å²) in [6.07, 6.45) is 7.83. The fourth-order valence-electron chi connectivity index (χ4n) is 2.23. The third-order valence-corrected chi connectivity index (χ3v) is 3.06. The molecule has 1 aliphatic heterocycles. The summed E-state index contributed by atoms with van der Waals surface area (Å²) in [7, 11) is 0.